The van der Waals surface area contributed by atoms with Crippen molar-refractivity contribution in [2.45, 2.75) is 101 Å². The molecule has 280 valence electrons. The highest BCUT2D eigenvalue weighted by Crippen LogP contribution is 2.45. The topological polar surface area (TPSA) is 100 Å². The predicted molar refractivity (Wildman–Crippen MR) is 185 cm³/mol. The second-order valence-corrected chi connectivity index (χ2v) is 15.2. The molecule has 2 N–H and O–H groups in total. The summed E-state index contributed by atoms with van der Waals surface area (Å²) in [4.78, 5) is 28.9. The molecule has 8 nitrogen and oxygen atoms in total. The fourth-order valence-corrected chi connectivity index (χ4v) is 7.91. The lowest BCUT2D eigenvalue weighted by Gasteiger charge is -2.51. The monoisotopic (exact) mass is 726 g/mol. The van der Waals surface area contributed by atoms with Crippen LogP contribution in [0.1, 0.15) is 81.0 Å². The summed E-state index contributed by atoms with van der Waals surface area (Å²) in [5.74, 6) is -5.02. The standard InChI is InChI=1S/C40H46F4N2O6/c1-38(2,3)52-37(48)46-22-31(51-39(24-46)14-5-15-40(23-39)49-16-17-50-40)12-13-32-26(6-4-7-33(32)44)20-34(47)36(45)35(25-8-10-28(41)11-9-25)27-18-29(42)21-30(43)19-27/h4,6-11,18-19,21,31,35-36H,5,12-17,20,22-24,45H2,1-3H3/t31-,35+,36-,39?/m1/s1. The van der Waals surface area contributed by atoms with E-state index in [2.05, 4.69) is 0 Å². The first-order chi connectivity index (χ1) is 24.6. The first kappa shape index (κ1) is 37.9. The van der Waals surface area contributed by atoms with E-state index in [1.54, 1.807) is 31.7 Å². The number of hydrogen-bond donors (Lipinski definition) is 1. The highest BCUT2D eigenvalue weighted by Gasteiger charge is 2.53. The van der Waals surface area contributed by atoms with Gasteiger partial charge in [-0.1, -0.05) is 24.3 Å². The molecule has 0 bridgehead atoms. The van der Waals surface area contributed by atoms with E-state index in [9.17, 15) is 22.8 Å². The molecule has 0 radical (unpaired) electrons. The normalized spacial score (nSPS) is 22.8. The minimum Gasteiger partial charge on any atom is -0.444 e. The van der Waals surface area contributed by atoms with Gasteiger partial charge in [-0.25, -0.2) is 22.4 Å². The molecule has 2 saturated heterocycles. The highest BCUT2D eigenvalue weighted by atomic mass is 19.1. The van der Waals surface area contributed by atoms with Gasteiger partial charge in [0.25, 0.3) is 0 Å². The number of nitrogens with two attached hydrogens (primary N) is 1. The molecule has 1 amide bonds. The Hall–Kier alpha value is -3.84. The van der Waals surface area contributed by atoms with Crippen LogP contribution < -0.4 is 5.73 Å². The second kappa shape index (κ2) is 15.3. The first-order valence-corrected chi connectivity index (χ1v) is 17.8. The van der Waals surface area contributed by atoms with Gasteiger partial charge in [0.1, 0.15) is 28.9 Å². The Morgan fingerprint density at radius 2 is 1.63 bits per heavy atom. The Kier molecular flexibility index (Phi) is 11.1. The number of ether oxygens (including phenoxy) is 4. The van der Waals surface area contributed by atoms with Crippen molar-refractivity contribution in [1.29, 1.82) is 0 Å². The molecule has 0 aromatic heterocycles. The van der Waals surface area contributed by atoms with Crippen LogP contribution in [-0.2, 0) is 36.6 Å². The number of morpholine rings is 1. The Labute approximate surface area is 301 Å². The quantitative estimate of drug-likeness (QED) is 0.234. The SMILES string of the molecule is CC(C)(C)OC(=O)N1C[C@@H](CCc2c(F)cccc2CC(=O)[C@@H](N)[C@@H](c2ccc(F)cc2)c2cc(F)cc(F)c2)OC2(CCCC3(C2)OCCO3)C1. The average Bonchev–Trinajstić information content (AvgIpc) is 3.50. The zero-order chi connectivity index (χ0) is 37.3. The third-order valence-corrected chi connectivity index (χ3v) is 10.1. The molecule has 3 fully saturated rings. The zero-order valence-electron chi connectivity index (χ0n) is 29.8. The molecule has 52 heavy (non-hydrogen) atoms. The molecule has 3 aromatic rings. The van der Waals surface area contributed by atoms with E-state index < -0.39 is 70.2 Å². The van der Waals surface area contributed by atoms with E-state index >= 15 is 4.39 Å². The number of halogens is 4. The molecule has 1 aliphatic carbocycles. The van der Waals surface area contributed by atoms with Gasteiger partial charge in [0, 0.05) is 31.2 Å². The summed E-state index contributed by atoms with van der Waals surface area (Å²) in [5.41, 5.74) is 6.28. The Morgan fingerprint density at radius 1 is 0.942 bits per heavy atom. The van der Waals surface area contributed by atoms with Gasteiger partial charge in [-0.3, -0.25) is 4.79 Å². The number of nitrogens with zero attached hydrogens (tertiary/aromatic N) is 1. The third-order valence-electron chi connectivity index (χ3n) is 10.1. The molecule has 1 saturated carbocycles. The molecule has 3 aliphatic rings. The van der Waals surface area contributed by atoms with Gasteiger partial charge in [-0.15, -0.1) is 0 Å². The molecule has 3 aromatic carbocycles. The second-order valence-electron chi connectivity index (χ2n) is 15.2. The van der Waals surface area contributed by atoms with Crippen LogP contribution in [0.15, 0.2) is 60.7 Å². The molecule has 2 aliphatic heterocycles. The van der Waals surface area contributed by atoms with Gasteiger partial charge < -0.3 is 29.6 Å². The number of carbonyl (C=O) groups is 2. The van der Waals surface area contributed by atoms with E-state index in [4.69, 9.17) is 24.7 Å². The minimum absolute atomic E-state index is 0.111. The summed E-state index contributed by atoms with van der Waals surface area (Å²) in [6.07, 6.45) is 1.90. The number of Topliss-reactive ketones (excluding diaryl/α,β-unsaturated/α-hetero) is 1. The number of benzene rings is 3. The average molecular weight is 727 g/mol. The fourth-order valence-electron chi connectivity index (χ4n) is 7.91. The van der Waals surface area contributed by atoms with Gasteiger partial charge in [-0.2, -0.15) is 0 Å². The van der Waals surface area contributed by atoms with Crippen LogP contribution in [0.4, 0.5) is 22.4 Å². The van der Waals surface area contributed by atoms with Gasteiger partial charge in [0.05, 0.1) is 44.1 Å². The predicted octanol–water partition coefficient (Wildman–Crippen LogP) is 7.14. The van der Waals surface area contributed by atoms with Gasteiger partial charge in [0.15, 0.2) is 11.6 Å². The first-order valence-electron chi connectivity index (χ1n) is 17.8. The lowest BCUT2D eigenvalue weighted by atomic mass is 9.79. The van der Waals surface area contributed by atoms with Crippen molar-refractivity contribution in [3.8, 4) is 0 Å². The number of carbonyl (C=O) groups excluding carboxylic acids is 2. The number of ketones is 1. The molecule has 6 rings (SSSR count). The van der Waals surface area contributed by atoms with Crippen molar-refractivity contribution in [2.24, 2.45) is 5.73 Å². The third kappa shape index (κ3) is 8.85. The van der Waals surface area contributed by atoms with E-state index in [1.165, 1.54) is 36.4 Å². The van der Waals surface area contributed by atoms with Crippen LogP contribution in [-0.4, -0.2) is 72.2 Å². The molecule has 2 heterocycles. The van der Waals surface area contributed by atoms with Crippen LogP contribution in [0.25, 0.3) is 0 Å². The molecular weight excluding hydrogens is 680 g/mol. The summed E-state index contributed by atoms with van der Waals surface area (Å²) < 4.78 is 82.7. The fraction of sp³-hybridized carbons (Fsp3) is 0.500. The van der Waals surface area contributed by atoms with Gasteiger partial charge >= 0.3 is 6.09 Å². The summed E-state index contributed by atoms with van der Waals surface area (Å²) in [7, 11) is 0. The van der Waals surface area contributed by atoms with E-state index in [-0.39, 0.29) is 24.9 Å². The van der Waals surface area contributed by atoms with Crippen LogP contribution >= 0.6 is 0 Å². The van der Waals surface area contributed by atoms with Crippen molar-refractivity contribution in [3.63, 3.8) is 0 Å². The largest absolute Gasteiger partial charge is 0.444 e. The van der Waals surface area contributed by atoms with Crippen molar-refractivity contribution in [3.05, 3.63) is 106 Å². The molecular formula is C40H46F4N2O6. The number of hydrogen-bond acceptors (Lipinski definition) is 7. The maximum Gasteiger partial charge on any atom is 0.410 e. The molecule has 2 spiro atoms. The molecule has 4 atom stereocenters. The Balaban J connectivity index is 1.22. The van der Waals surface area contributed by atoms with Crippen molar-refractivity contribution >= 4 is 11.9 Å². The molecule has 12 heteroatoms. The van der Waals surface area contributed by atoms with Crippen LogP contribution in [0.3, 0.4) is 0 Å². The summed E-state index contributed by atoms with van der Waals surface area (Å²) in [6, 6.07) is 11.3. The van der Waals surface area contributed by atoms with E-state index in [0.717, 1.165) is 25.0 Å². The number of rotatable bonds is 9. The van der Waals surface area contributed by atoms with Gasteiger partial charge in [-0.05, 0) is 99.0 Å². The number of amides is 1. The Bertz CT molecular complexity index is 1740. The lowest BCUT2D eigenvalue weighted by molar-refractivity contribution is -0.254. The maximum absolute atomic E-state index is 15.6. The van der Waals surface area contributed by atoms with E-state index in [1.807, 2.05) is 0 Å². The highest BCUT2D eigenvalue weighted by molar-refractivity contribution is 5.87. The Morgan fingerprint density at radius 3 is 2.31 bits per heavy atom. The smallest absolute Gasteiger partial charge is 0.410 e. The van der Waals surface area contributed by atoms with E-state index in [0.29, 0.717) is 61.8 Å². The molecule has 1 unspecified atom stereocenters. The van der Waals surface area contributed by atoms with Gasteiger partial charge in [0.2, 0.25) is 0 Å². The summed E-state index contributed by atoms with van der Waals surface area (Å²) in [6.45, 7) is 6.91. The summed E-state index contributed by atoms with van der Waals surface area (Å²) in [5, 5.41) is 0. The minimum atomic E-state index is -1.30. The van der Waals surface area contributed by atoms with Crippen LogP contribution in [0.2, 0.25) is 0 Å². The van der Waals surface area contributed by atoms with Crippen molar-refractivity contribution in [2.75, 3.05) is 26.3 Å². The lowest BCUT2D eigenvalue weighted by Crippen LogP contribution is -2.61. The van der Waals surface area contributed by atoms with Crippen molar-refractivity contribution in [1.82, 2.24) is 4.90 Å². The van der Waals surface area contributed by atoms with Crippen LogP contribution in [0, 0.1) is 23.3 Å². The van der Waals surface area contributed by atoms with Crippen LogP contribution in [0.5, 0.6) is 0 Å². The zero-order valence-corrected chi connectivity index (χ0v) is 29.8. The van der Waals surface area contributed by atoms with Crippen molar-refractivity contribution < 1.29 is 46.1 Å². The maximum atomic E-state index is 15.6. The summed E-state index contributed by atoms with van der Waals surface area (Å²) >= 11 is 0.